The van der Waals surface area contributed by atoms with Crippen molar-refractivity contribution in [1.82, 2.24) is 19.9 Å². The van der Waals surface area contributed by atoms with Crippen molar-refractivity contribution in [2.75, 3.05) is 31.6 Å². The first-order valence-electron chi connectivity index (χ1n) is 12.5. The number of nitrogens with one attached hydrogen (secondary N) is 1. The van der Waals surface area contributed by atoms with Gasteiger partial charge in [0.1, 0.15) is 0 Å². The molecule has 2 heterocycles. The number of nitrogens with zero attached hydrogens (tertiary/aromatic N) is 4. The van der Waals surface area contributed by atoms with Gasteiger partial charge in [0.2, 0.25) is 5.91 Å². The summed E-state index contributed by atoms with van der Waals surface area (Å²) in [4.78, 5) is 40.1. The van der Waals surface area contributed by atoms with Gasteiger partial charge in [-0.15, -0.1) is 12.4 Å². The van der Waals surface area contributed by atoms with E-state index in [0.29, 0.717) is 36.4 Å². The second kappa shape index (κ2) is 12.3. The van der Waals surface area contributed by atoms with E-state index in [1.807, 2.05) is 30.1 Å². The van der Waals surface area contributed by atoms with Crippen LogP contribution in [0.2, 0.25) is 0 Å². The van der Waals surface area contributed by atoms with Crippen LogP contribution in [0.25, 0.3) is 11.1 Å². The van der Waals surface area contributed by atoms with Crippen LogP contribution in [0.15, 0.2) is 45.6 Å². The number of oxazole rings is 1. The second-order valence-corrected chi connectivity index (χ2v) is 9.46. The number of likely N-dealkylation sites (N-methyl/N-ethyl adjacent to an activating group) is 1. The number of unbranched alkanes of at least 4 members (excludes halogenated alkanes) is 2. The molecule has 200 valence electrons. The Morgan fingerprint density at radius 2 is 1.76 bits per heavy atom. The van der Waals surface area contributed by atoms with E-state index in [0.717, 1.165) is 24.8 Å². The maximum Gasteiger partial charge on any atom is 0.419 e. The van der Waals surface area contributed by atoms with Crippen LogP contribution in [0.5, 0.6) is 0 Å². The maximum atomic E-state index is 13.4. The van der Waals surface area contributed by atoms with E-state index in [2.05, 4.69) is 24.4 Å². The molecule has 0 atom stereocenters. The number of carbonyl (C=O) groups excluding carboxylic acids is 2. The Morgan fingerprint density at radius 3 is 2.41 bits per heavy atom. The molecule has 9 nitrogen and oxygen atoms in total. The van der Waals surface area contributed by atoms with Crippen LogP contribution in [-0.4, -0.2) is 53.1 Å². The van der Waals surface area contributed by atoms with Crippen LogP contribution in [0.1, 0.15) is 42.9 Å². The third kappa shape index (κ3) is 6.34. The highest BCUT2D eigenvalue weighted by Crippen LogP contribution is 2.27. The van der Waals surface area contributed by atoms with Crippen molar-refractivity contribution >= 4 is 41.0 Å². The number of anilines is 1. The standard InChI is InChI=1S/C27H35N5O4.ClH/c1-5-6-9-12-28-25(33)17-31(22-14-23-24(13-19(22)2)36-27(35)29(23)3)18-26(34)30(4)32-15-20-10-7-8-11-21(20)16-32;/h7-8,10-11,13-14H,5-6,9,12,15-18H2,1-4H3,(H,28,33);1H. The summed E-state index contributed by atoms with van der Waals surface area (Å²) in [6.45, 7) is 5.99. The van der Waals surface area contributed by atoms with E-state index in [1.54, 1.807) is 30.1 Å². The fourth-order valence-electron chi connectivity index (χ4n) is 4.61. The van der Waals surface area contributed by atoms with Gasteiger partial charge in [0.15, 0.2) is 5.58 Å². The summed E-state index contributed by atoms with van der Waals surface area (Å²) < 4.78 is 6.74. The number of carbonyl (C=O) groups is 2. The van der Waals surface area contributed by atoms with Crippen LogP contribution in [-0.2, 0) is 29.7 Å². The molecule has 10 heteroatoms. The normalized spacial score (nSPS) is 12.8. The molecule has 0 saturated heterocycles. The number of amides is 2. The summed E-state index contributed by atoms with van der Waals surface area (Å²) >= 11 is 0. The van der Waals surface area contributed by atoms with E-state index in [9.17, 15) is 14.4 Å². The van der Waals surface area contributed by atoms with Gasteiger partial charge in [0.05, 0.1) is 18.6 Å². The Kier molecular flexibility index (Phi) is 9.39. The molecule has 0 fully saturated rings. The zero-order valence-corrected chi connectivity index (χ0v) is 22.8. The van der Waals surface area contributed by atoms with Crippen LogP contribution in [0.3, 0.4) is 0 Å². The van der Waals surface area contributed by atoms with Gasteiger partial charge in [0, 0.05) is 39.4 Å². The second-order valence-electron chi connectivity index (χ2n) is 9.46. The molecular weight excluding hydrogens is 494 g/mol. The summed E-state index contributed by atoms with van der Waals surface area (Å²) in [6, 6.07) is 11.8. The monoisotopic (exact) mass is 529 g/mol. The van der Waals surface area contributed by atoms with Gasteiger partial charge in [-0.3, -0.25) is 19.2 Å². The Labute approximate surface area is 223 Å². The fraction of sp³-hybridized carbons (Fsp3) is 0.444. The van der Waals surface area contributed by atoms with Gasteiger partial charge in [-0.1, -0.05) is 44.0 Å². The SMILES string of the molecule is CCCCCNC(=O)CN(CC(=O)N(C)N1Cc2ccccc2C1)c1cc2c(cc1C)oc(=O)n2C.Cl. The summed E-state index contributed by atoms with van der Waals surface area (Å²) in [6.07, 6.45) is 3.04. The molecule has 1 N–H and O–H groups in total. The average molecular weight is 530 g/mol. The summed E-state index contributed by atoms with van der Waals surface area (Å²) in [7, 11) is 3.41. The minimum atomic E-state index is -0.453. The van der Waals surface area contributed by atoms with Crippen molar-refractivity contribution in [3.63, 3.8) is 0 Å². The van der Waals surface area contributed by atoms with Crippen molar-refractivity contribution in [1.29, 1.82) is 0 Å². The molecular formula is C27H36ClN5O4. The number of rotatable bonds is 10. The lowest BCUT2D eigenvalue weighted by Crippen LogP contribution is -2.48. The molecule has 0 radical (unpaired) electrons. The molecule has 0 spiro atoms. The van der Waals surface area contributed by atoms with E-state index >= 15 is 0 Å². The number of aryl methyl sites for hydroxylation is 2. The first-order valence-corrected chi connectivity index (χ1v) is 12.5. The van der Waals surface area contributed by atoms with Gasteiger partial charge in [-0.25, -0.2) is 9.80 Å². The molecule has 1 aliphatic heterocycles. The molecule has 2 amide bonds. The predicted molar refractivity (Wildman–Crippen MR) is 147 cm³/mol. The molecule has 2 aromatic carbocycles. The van der Waals surface area contributed by atoms with Crippen LogP contribution in [0.4, 0.5) is 5.69 Å². The van der Waals surface area contributed by atoms with Crippen LogP contribution < -0.4 is 16.0 Å². The Balaban J connectivity index is 0.00000380. The number of hydrogen-bond acceptors (Lipinski definition) is 6. The van der Waals surface area contributed by atoms with E-state index in [-0.39, 0.29) is 37.3 Å². The van der Waals surface area contributed by atoms with E-state index in [1.165, 1.54) is 15.7 Å². The van der Waals surface area contributed by atoms with Gasteiger partial charge in [0.25, 0.3) is 5.91 Å². The molecule has 1 aromatic heterocycles. The average Bonchev–Trinajstić information content (AvgIpc) is 3.40. The fourth-order valence-corrected chi connectivity index (χ4v) is 4.61. The van der Waals surface area contributed by atoms with Crippen molar-refractivity contribution in [3.05, 3.63) is 63.6 Å². The van der Waals surface area contributed by atoms with Gasteiger partial charge in [-0.2, -0.15) is 0 Å². The number of fused-ring (bicyclic) bond motifs is 2. The smallest absolute Gasteiger partial charge is 0.408 e. The largest absolute Gasteiger partial charge is 0.419 e. The van der Waals surface area contributed by atoms with E-state index in [4.69, 9.17) is 4.42 Å². The maximum absolute atomic E-state index is 13.4. The highest BCUT2D eigenvalue weighted by molar-refractivity contribution is 5.89. The third-order valence-electron chi connectivity index (χ3n) is 6.82. The lowest BCUT2D eigenvalue weighted by atomic mass is 10.1. The first-order chi connectivity index (χ1) is 17.3. The number of aromatic nitrogens is 1. The number of hydrogen-bond donors (Lipinski definition) is 1. The molecule has 1 aliphatic rings. The zero-order valence-electron chi connectivity index (χ0n) is 22.0. The molecule has 37 heavy (non-hydrogen) atoms. The Morgan fingerprint density at radius 1 is 1.08 bits per heavy atom. The van der Waals surface area contributed by atoms with Gasteiger partial charge >= 0.3 is 5.76 Å². The molecule has 0 aliphatic carbocycles. The van der Waals surface area contributed by atoms with Crippen molar-refractivity contribution in [2.24, 2.45) is 7.05 Å². The third-order valence-corrected chi connectivity index (χ3v) is 6.82. The first kappa shape index (κ1) is 28.3. The van der Waals surface area contributed by atoms with Crippen molar-refractivity contribution in [2.45, 2.75) is 46.2 Å². The Hall–Kier alpha value is -3.30. The summed E-state index contributed by atoms with van der Waals surface area (Å²) in [5.41, 5.74) is 5.05. The highest BCUT2D eigenvalue weighted by atomic mass is 35.5. The summed E-state index contributed by atoms with van der Waals surface area (Å²) in [5, 5.41) is 6.62. The van der Waals surface area contributed by atoms with Crippen LogP contribution in [0, 0.1) is 6.92 Å². The number of hydrazine groups is 1. The minimum absolute atomic E-state index is 0. The molecule has 3 aromatic rings. The lowest BCUT2D eigenvalue weighted by molar-refractivity contribution is -0.145. The molecule has 0 unspecified atom stereocenters. The molecule has 4 rings (SSSR count). The lowest BCUT2D eigenvalue weighted by Gasteiger charge is -2.32. The van der Waals surface area contributed by atoms with Crippen LogP contribution >= 0.6 is 12.4 Å². The van der Waals surface area contributed by atoms with Gasteiger partial charge < -0.3 is 14.6 Å². The quantitative estimate of drug-likeness (QED) is 0.405. The molecule has 0 saturated carbocycles. The topological polar surface area (TPSA) is 91.0 Å². The predicted octanol–water partition coefficient (Wildman–Crippen LogP) is 3.36. The van der Waals surface area contributed by atoms with Crippen molar-refractivity contribution in [3.8, 4) is 0 Å². The minimum Gasteiger partial charge on any atom is -0.408 e. The number of halogens is 1. The highest BCUT2D eigenvalue weighted by Gasteiger charge is 2.27. The van der Waals surface area contributed by atoms with Crippen molar-refractivity contribution < 1.29 is 14.0 Å². The number of benzene rings is 2. The van der Waals surface area contributed by atoms with E-state index < -0.39 is 5.76 Å². The van der Waals surface area contributed by atoms with Gasteiger partial charge in [-0.05, 0) is 42.2 Å². The zero-order chi connectivity index (χ0) is 25.8. The Bertz CT molecular complexity index is 1290. The molecule has 0 bridgehead atoms. The summed E-state index contributed by atoms with van der Waals surface area (Å²) in [5.74, 6) is -0.718.